The van der Waals surface area contributed by atoms with Crippen molar-refractivity contribution in [2.24, 2.45) is 5.14 Å². The maximum atomic E-state index is 11.5. The summed E-state index contributed by atoms with van der Waals surface area (Å²) in [7, 11) is 0. The predicted molar refractivity (Wildman–Crippen MR) is 72.0 cm³/mol. The topological polar surface area (TPSA) is 168 Å². The molecule has 1 saturated heterocycles. The molecule has 2 aromatic rings. The third kappa shape index (κ3) is 2.43. The van der Waals surface area contributed by atoms with Crippen LogP contribution in [0.4, 0.5) is 5.95 Å². The number of aliphatic hydroxyl groups is 2. The summed E-state index contributed by atoms with van der Waals surface area (Å²) >= 11 is -1.85. The van der Waals surface area contributed by atoms with Crippen LogP contribution < -0.4 is 10.9 Å². The third-order valence-corrected chi connectivity index (χ3v) is 3.96. The molecule has 0 aliphatic carbocycles. The van der Waals surface area contributed by atoms with Gasteiger partial charge in [0.25, 0.3) is 5.03 Å². The predicted octanol–water partition coefficient (Wildman–Crippen LogP) is -1.97. The second-order valence-electron chi connectivity index (χ2n) is 4.62. The number of hydrogen-bond acceptors (Lipinski definition) is 9. The molecule has 0 saturated carbocycles. The van der Waals surface area contributed by atoms with Gasteiger partial charge in [0.2, 0.25) is 5.95 Å². The first-order valence-corrected chi connectivity index (χ1v) is 7.33. The van der Waals surface area contributed by atoms with E-state index >= 15 is 0 Å². The molecule has 0 bridgehead atoms. The average molecular weight is 314 g/mol. The van der Waals surface area contributed by atoms with Crippen molar-refractivity contribution in [3.05, 3.63) is 6.33 Å². The van der Waals surface area contributed by atoms with E-state index in [1.165, 1.54) is 6.33 Å². The fourth-order valence-electron chi connectivity index (χ4n) is 2.31. The minimum absolute atomic E-state index is 0.0357. The largest absolute Gasteiger partial charge is 0.592 e. The zero-order chi connectivity index (χ0) is 15.1. The molecule has 0 aromatic carbocycles. The van der Waals surface area contributed by atoms with Gasteiger partial charge in [-0.3, -0.25) is 4.57 Å². The number of hydrogen-bond donors (Lipinski definition) is 4. The Hall–Kier alpha value is -1.50. The number of fused-ring (bicyclic) bond motifs is 1. The highest BCUT2D eigenvalue weighted by Crippen LogP contribution is 2.31. The Labute approximate surface area is 122 Å². The monoisotopic (exact) mass is 314 g/mol. The molecule has 11 heteroatoms. The second kappa shape index (κ2) is 5.36. The molecule has 3 heterocycles. The maximum Gasteiger partial charge on any atom is 0.298 e. The van der Waals surface area contributed by atoms with Crippen LogP contribution in [0.1, 0.15) is 12.6 Å². The van der Waals surface area contributed by atoms with Crippen LogP contribution in [0.3, 0.4) is 0 Å². The number of imidazole rings is 1. The van der Waals surface area contributed by atoms with Crippen molar-refractivity contribution in [3.8, 4) is 0 Å². The molecule has 4 atom stereocenters. The quantitative estimate of drug-likeness (QED) is 0.371. The molecule has 114 valence electrons. The third-order valence-electron chi connectivity index (χ3n) is 3.29. The van der Waals surface area contributed by atoms with Crippen molar-refractivity contribution in [3.63, 3.8) is 0 Å². The van der Waals surface area contributed by atoms with Crippen LogP contribution in [0.25, 0.3) is 11.2 Å². The number of nitrogens with two attached hydrogens (primary N) is 2. The Morgan fingerprint density at radius 3 is 2.90 bits per heavy atom. The van der Waals surface area contributed by atoms with Crippen LogP contribution in [0.5, 0.6) is 0 Å². The summed E-state index contributed by atoms with van der Waals surface area (Å²) in [5.41, 5.74) is 6.16. The minimum Gasteiger partial charge on any atom is -0.592 e. The van der Waals surface area contributed by atoms with Crippen LogP contribution >= 0.6 is 0 Å². The number of rotatable bonds is 3. The van der Waals surface area contributed by atoms with Gasteiger partial charge in [-0.15, -0.1) is 5.14 Å². The molecule has 3 rings (SSSR count). The number of nitrogens with zero attached hydrogens (tertiary/aromatic N) is 4. The summed E-state index contributed by atoms with van der Waals surface area (Å²) in [6, 6.07) is 0. The lowest BCUT2D eigenvalue weighted by Crippen LogP contribution is -2.24. The molecule has 10 nitrogen and oxygen atoms in total. The van der Waals surface area contributed by atoms with E-state index in [4.69, 9.17) is 20.7 Å². The van der Waals surface area contributed by atoms with Gasteiger partial charge in [-0.05, 0) is 0 Å². The van der Waals surface area contributed by atoms with E-state index in [1.807, 2.05) is 0 Å². The van der Waals surface area contributed by atoms with E-state index in [0.717, 1.165) is 0 Å². The fourth-order valence-corrected chi connectivity index (χ4v) is 2.83. The standard InChI is InChI=1S/C10H14N6O4S/c11-10-14-8-7(9(15-10)21(12)19)13-3-16(8)6-1-4(18)5(2-17)20-6/h3-6,17-18H,1-2,12H2,(H2,11,14,15)/t4-,5+,6-,21?/m0/s1. The molecule has 0 spiro atoms. The Bertz CT molecular complexity index is 664. The summed E-state index contributed by atoms with van der Waals surface area (Å²) < 4.78 is 18.6. The number of nitrogen functional groups attached to an aromatic ring is 1. The first-order valence-electron chi connectivity index (χ1n) is 6.12. The van der Waals surface area contributed by atoms with Crippen molar-refractivity contribution < 1.29 is 19.5 Å². The maximum absolute atomic E-state index is 11.5. The zero-order valence-electron chi connectivity index (χ0n) is 10.8. The lowest BCUT2D eigenvalue weighted by molar-refractivity contribution is -0.0432. The molecule has 6 N–H and O–H groups in total. The lowest BCUT2D eigenvalue weighted by atomic mass is 10.2. The Morgan fingerprint density at radius 1 is 1.52 bits per heavy atom. The lowest BCUT2D eigenvalue weighted by Gasteiger charge is -2.13. The first kappa shape index (κ1) is 14.4. The average Bonchev–Trinajstić information content (AvgIpc) is 3.00. The SMILES string of the molecule is Nc1nc([S+](N)[O-])c2ncn([C@@H]3C[C@H](O)[C@@H](CO)O3)c2n1. The van der Waals surface area contributed by atoms with Crippen molar-refractivity contribution in [2.45, 2.75) is 29.9 Å². The second-order valence-corrected chi connectivity index (χ2v) is 5.60. The van der Waals surface area contributed by atoms with Gasteiger partial charge in [-0.25, -0.2) is 4.98 Å². The van der Waals surface area contributed by atoms with Crippen molar-refractivity contribution >= 4 is 28.5 Å². The highest BCUT2D eigenvalue weighted by Gasteiger charge is 2.36. The van der Waals surface area contributed by atoms with E-state index in [9.17, 15) is 9.66 Å². The highest BCUT2D eigenvalue weighted by molar-refractivity contribution is 7.89. The van der Waals surface area contributed by atoms with Gasteiger partial charge in [-0.2, -0.15) is 9.97 Å². The molecular weight excluding hydrogens is 300 g/mol. The van der Waals surface area contributed by atoms with Crippen LogP contribution in [-0.4, -0.2) is 53.1 Å². The molecule has 21 heavy (non-hydrogen) atoms. The van der Waals surface area contributed by atoms with Crippen molar-refractivity contribution in [1.82, 2.24) is 19.5 Å². The molecule has 1 aliphatic rings. The highest BCUT2D eigenvalue weighted by atomic mass is 32.2. The number of aliphatic hydroxyl groups excluding tert-OH is 2. The van der Waals surface area contributed by atoms with E-state index in [2.05, 4.69) is 15.0 Å². The van der Waals surface area contributed by atoms with Gasteiger partial charge < -0.3 is 25.2 Å². The molecule has 0 amide bonds. The van der Waals surface area contributed by atoms with E-state index < -0.39 is 29.8 Å². The number of ether oxygens (including phenoxy) is 1. The minimum atomic E-state index is -1.85. The van der Waals surface area contributed by atoms with Crippen molar-refractivity contribution in [1.29, 1.82) is 0 Å². The fraction of sp³-hybridized carbons (Fsp3) is 0.500. The molecule has 1 unspecified atom stereocenters. The molecular formula is C10H14N6O4S. The van der Waals surface area contributed by atoms with E-state index in [-0.39, 0.29) is 29.5 Å². The first-order chi connectivity index (χ1) is 10.0. The van der Waals surface area contributed by atoms with E-state index in [1.54, 1.807) is 4.57 Å². The Morgan fingerprint density at radius 2 is 2.29 bits per heavy atom. The normalized spacial score (nSPS) is 27.3. The number of anilines is 1. The van der Waals surface area contributed by atoms with Gasteiger partial charge in [0.1, 0.15) is 12.3 Å². The van der Waals surface area contributed by atoms with Gasteiger partial charge in [-0.1, -0.05) is 0 Å². The zero-order valence-corrected chi connectivity index (χ0v) is 11.6. The molecule has 2 aromatic heterocycles. The van der Waals surface area contributed by atoms with Gasteiger partial charge in [0.05, 0.1) is 30.4 Å². The Balaban J connectivity index is 2.05. The van der Waals surface area contributed by atoms with Gasteiger partial charge in [0, 0.05) is 6.42 Å². The molecule has 1 aliphatic heterocycles. The Kier molecular flexibility index (Phi) is 3.69. The summed E-state index contributed by atoms with van der Waals surface area (Å²) in [4.78, 5) is 12.0. The van der Waals surface area contributed by atoms with E-state index in [0.29, 0.717) is 5.65 Å². The summed E-state index contributed by atoms with van der Waals surface area (Å²) in [6.07, 6.45) is -0.335. The van der Waals surface area contributed by atoms with Crippen molar-refractivity contribution in [2.75, 3.05) is 12.3 Å². The van der Waals surface area contributed by atoms with Crippen LogP contribution in [-0.2, 0) is 16.1 Å². The van der Waals surface area contributed by atoms with Crippen LogP contribution in [0.2, 0.25) is 0 Å². The molecule has 1 fully saturated rings. The number of aromatic nitrogens is 4. The summed E-state index contributed by atoms with van der Waals surface area (Å²) in [5.74, 6) is -0.0877. The van der Waals surface area contributed by atoms with Gasteiger partial charge >= 0.3 is 0 Å². The summed E-state index contributed by atoms with van der Waals surface area (Å²) in [6.45, 7) is -0.292. The van der Waals surface area contributed by atoms with Crippen LogP contribution in [0.15, 0.2) is 11.4 Å². The van der Waals surface area contributed by atoms with Gasteiger partial charge in [0.15, 0.2) is 11.2 Å². The van der Waals surface area contributed by atoms with Crippen LogP contribution in [0, 0.1) is 0 Å². The summed E-state index contributed by atoms with van der Waals surface area (Å²) in [5, 5.41) is 24.3. The molecule has 0 radical (unpaired) electrons. The smallest absolute Gasteiger partial charge is 0.298 e.